The molecule has 0 aliphatic carbocycles. The molecule has 1 saturated heterocycles. The summed E-state index contributed by atoms with van der Waals surface area (Å²) in [6.07, 6.45) is 3.29. The summed E-state index contributed by atoms with van der Waals surface area (Å²) < 4.78 is 0. The monoisotopic (exact) mass is 274 g/mol. The highest BCUT2D eigenvalue weighted by atomic mass is 16.2. The van der Waals surface area contributed by atoms with E-state index < -0.39 is 0 Å². The maximum absolute atomic E-state index is 12.6. The van der Waals surface area contributed by atoms with Gasteiger partial charge in [-0.25, -0.2) is 0 Å². The maximum Gasteiger partial charge on any atom is 0.254 e. The van der Waals surface area contributed by atoms with Crippen LogP contribution < -0.4 is 5.73 Å². The van der Waals surface area contributed by atoms with Crippen LogP contribution in [0, 0.1) is 0 Å². The van der Waals surface area contributed by atoms with Gasteiger partial charge in [-0.05, 0) is 42.4 Å². The van der Waals surface area contributed by atoms with Crippen LogP contribution in [0.2, 0.25) is 0 Å². The zero-order valence-electron chi connectivity index (χ0n) is 12.9. The summed E-state index contributed by atoms with van der Waals surface area (Å²) in [4.78, 5) is 14.6. The van der Waals surface area contributed by atoms with E-state index in [0.717, 1.165) is 24.9 Å². The second-order valence-electron chi connectivity index (χ2n) is 6.71. The molecule has 1 amide bonds. The lowest BCUT2D eigenvalue weighted by molar-refractivity contribution is 0.0623. The van der Waals surface area contributed by atoms with Crippen molar-refractivity contribution in [3.8, 4) is 0 Å². The van der Waals surface area contributed by atoms with Crippen molar-refractivity contribution in [2.45, 2.75) is 51.5 Å². The van der Waals surface area contributed by atoms with Crippen LogP contribution in [0.5, 0.6) is 0 Å². The number of hydrogen-bond acceptors (Lipinski definition) is 2. The number of likely N-dealkylation sites (tertiary alicyclic amines) is 1. The molecule has 0 bridgehead atoms. The summed E-state index contributed by atoms with van der Waals surface area (Å²) in [5, 5.41) is 0. The minimum Gasteiger partial charge on any atom is -0.334 e. The minimum absolute atomic E-state index is 0.118. The van der Waals surface area contributed by atoms with E-state index in [2.05, 4.69) is 32.9 Å². The van der Waals surface area contributed by atoms with Crippen LogP contribution in [0.3, 0.4) is 0 Å². The van der Waals surface area contributed by atoms with Crippen molar-refractivity contribution in [1.82, 2.24) is 4.90 Å². The van der Waals surface area contributed by atoms with Crippen LogP contribution in [-0.2, 0) is 5.41 Å². The smallest absolute Gasteiger partial charge is 0.254 e. The van der Waals surface area contributed by atoms with Crippen molar-refractivity contribution in [2.24, 2.45) is 5.73 Å². The Balaban J connectivity index is 2.16. The Morgan fingerprint density at radius 3 is 2.45 bits per heavy atom. The standard InChI is InChI=1S/C17H26N2O/c1-17(2,3)14-9-7-13(8-10-14)16(20)19-11-5-4-6-15(19)12-18/h7-10,15H,4-6,11-12,18H2,1-3H3. The number of carbonyl (C=O) groups is 1. The van der Waals surface area contributed by atoms with Crippen molar-refractivity contribution in [2.75, 3.05) is 13.1 Å². The molecule has 0 saturated carbocycles. The molecule has 1 unspecified atom stereocenters. The molecular weight excluding hydrogens is 248 g/mol. The highest BCUT2D eigenvalue weighted by Gasteiger charge is 2.26. The molecule has 0 aromatic heterocycles. The van der Waals surface area contributed by atoms with E-state index >= 15 is 0 Å². The quantitative estimate of drug-likeness (QED) is 0.901. The second-order valence-corrected chi connectivity index (χ2v) is 6.71. The Morgan fingerprint density at radius 1 is 1.25 bits per heavy atom. The molecule has 2 N–H and O–H groups in total. The molecular formula is C17H26N2O. The number of benzene rings is 1. The molecule has 20 heavy (non-hydrogen) atoms. The Bertz CT molecular complexity index is 459. The largest absolute Gasteiger partial charge is 0.334 e. The minimum atomic E-state index is 0.118. The third kappa shape index (κ3) is 3.21. The first kappa shape index (κ1) is 15.0. The van der Waals surface area contributed by atoms with Crippen molar-refractivity contribution in [3.63, 3.8) is 0 Å². The Kier molecular flexibility index (Phi) is 4.48. The zero-order chi connectivity index (χ0) is 14.8. The van der Waals surface area contributed by atoms with Crippen LogP contribution in [0.4, 0.5) is 0 Å². The van der Waals surface area contributed by atoms with Gasteiger partial charge in [0.2, 0.25) is 0 Å². The number of hydrogen-bond donors (Lipinski definition) is 1. The summed E-state index contributed by atoms with van der Waals surface area (Å²) >= 11 is 0. The van der Waals surface area contributed by atoms with Crippen molar-refractivity contribution < 1.29 is 4.79 Å². The molecule has 110 valence electrons. The highest BCUT2D eigenvalue weighted by molar-refractivity contribution is 5.94. The molecule has 1 aromatic rings. The number of nitrogens with zero attached hydrogens (tertiary/aromatic N) is 1. The Morgan fingerprint density at radius 2 is 1.90 bits per heavy atom. The molecule has 1 aliphatic heterocycles. The summed E-state index contributed by atoms with van der Waals surface area (Å²) in [6, 6.07) is 8.23. The normalized spacial score (nSPS) is 20.0. The molecule has 2 rings (SSSR count). The lowest BCUT2D eigenvalue weighted by atomic mass is 9.86. The van der Waals surface area contributed by atoms with E-state index in [9.17, 15) is 4.79 Å². The van der Waals surface area contributed by atoms with Gasteiger partial charge in [0.15, 0.2) is 0 Å². The first-order valence-corrected chi connectivity index (χ1v) is 7.55. The van der Waals surface area contributed by atoms with Gasteiger partial charge < -0.3 is 10.6 Å². The third-order valence-corrected chi connectivity index (χ3v) is 4.16. The summed E-state index contributed by atoms with van der Waals surface area (Å²) in [5.74, 6) is 0.126. The topological polar surface area (TPSA) is 46.3 Å². The summed E-state index contributed by atoms with van der Waals surface area (Å²) in [7, 11) is 0. The average molecular weight is 274 g/mol. The van der Waals surface area contributed by atoms with Crippen LogP contribution in [0.25, 0.3) is 0 Å². The number of nitrogens with two attached hydrogens (primary N) is 1. The van der Waals surface area contributed by atoms with E-state index in [1.165, 1.54) is 12.0 Å². The molecule has 3 nitrogen and oxygen atoms in total. The van der Waals surface area contributed by atoms with Crippen molar-refractivity contribution in [1.29, 1.82) is 0 Å². The fraction of sp³-hybridized carbons (Fsp3) is 0.588. The molecule has 1 atom stereocenters. The van der Waals surface area contributed by atoms with Crippen LogP contribution in [-0.4, -0.2) is 29.9 Å². The number of carbonyl (C=O) groups excluding carboxylic acids is 1. The van der Waals surface area contributed by atoms with Crippen LogP contribution >= 0.6 is 0 Å². The van der Waals surface area contributed by atoms with Gasteiger partial charge in [0.1, 0.15) is 0 Å². The molecule has 3 heteroatoms. The third-order valence-electron chi connectivity index (χ3n) is 4.16. The van der Waals surface area contributed by atoms with E-state index in [-0.39, 0.29) is 17.4 Å². The zero-order valence-corrected chi connectivity index (χ0v) is 12.9. The van der Waals surface area contributed by atoms with Gasteiger partial charge in [-0.2, -0.15) is 0 Å². The molecule has 1 aromatic carbocycles. The lowest BCUT2D eigenvalue weighted by Gasteiger charge is -2.35. The predicted octanol–water partition coefficient (Wildman–Crippen LogP) is 2.94. The predicted molar refractivity (Wildman–Crippen MR) is 82.9 cm³/mol. The van der Waals surface area contributed by atoms with Crippen LogP contribution in [0.15, 0.2) is 24.3 Å². The van der Waals surface area contributed by atoms with Crippen molar-refractivity contribution in [3.05, 3.63) is 35.4 Å². The average Bonchev–Trinajstić information content (AvgIpc) is 2.45. The fourth-order valence-corrected chi connectivity index (χ4v) is 2.79. The van der Waals surface area contributed by atoms with E-state index in [1.54, 1.807) is 0 Å². The molecule has 1 heterocycles. The van der Waals surface area contributed by atoms with Gasteiger partial charge in [0, 0.05) is 24.7 Å². The van der Waals surface area contributed by atoms with E-state index in [0.29, 0.717) is 6.54 Å². The van der Waals surface area contributed by atoms with Gasteiger partial charge in [-0.3, -0.25) is 4.79 Å². The lowest BCUT2D eigenvalue weighted by Crippen LogP contribution is -2.47. The van der Waals surface area contributed by atoms with Gasteiger partial charge in [-0.1, -0.05) is 32.9 Å². The van der Waals surface area contributed by atoms with Gasteiger partial charge in [0.05, 0.1) is 0 Å². The Labute approximate surface area is 122 Å². The molecule has 1 fully saturated rings. The number of amides is 1. The summed E-state index contributed by atoms with van der Waals surface area (Å²) in [6.45, 7) is 7.93. The number of rotatable bonds is 2. The van der Waals surface area contributed by atoms with Crippen LogP contribution in [0.1, 0.15) is 56.0 Å². The van der Waals surface area contributed by atoms with E-state index in [1.807, 2.05) is 17.0 Å². The highest BCUT2D eigenvalue weighted by Crippen LogP contribution is 2.24. The first-order chi connectivity index (χ1) is 9.43. The second kappa shape index (κ2) is 5.96. The van der Waals surface area contributed by atoms with Gasteiger partial charge >= 0.3 is 0 Å². The fourth-order valence-electron chi connectivity index (χ4n) is 2.79. The van der Waals surface area contributed by atoms with Gasteiger partial charge in [-0.15, -0.1) is 0 Å². The van der Waals surface area contributed by atoms with Gasteiger partial charge in [0.25, 0.3) is 5.91 Å². The summed E-state index contributed by atoms with van der Waals surface area (Å²) in [5.41, 5.74) is 7.94. The first-order valence-electron chi connectivity index (χ1n) is 7.55. The van der Waals surface area contributed by atoms with E-state index in [4.69, 9.17) is 5.73 Å². The molecule has 0 radical (unpaired) electrons. The molecule has 1 aliphatic rings. The molecule has 0 spiro atoms. The SMILES string of the molecule is CC(C)(C)c1ccc(C(=O)N2CCCCC2CN)cc1. The Hall–Kier alpha value is -1.35. The maximum atomic E-state index is 12.6. The number of piperidine rings is 1. The van der Waals surface area contributed by atoms with Crippen molar-refractivity contribution >= 4 is 5.91 Å².